The lowest BCUT2D eigenvalue weighted by Gasteiger charge is -2.30. The summed E-state index contributed by atoms with van der Waals surface area (Å²) in [6.07, 6.45) is 25.5. The highest BCUT2D eigenvalue weighted by Crippen LogP contribution is 2.32. The predicted octanol–water partition coefficient (Wildman–Crippen LogP) is 5.52. The van der Waals surface area contributed by atoms with Crippen molar-refractivity contribution in [2.24, 2.45) is 5.92 Å². The van der Waals surface area contributed by atoms with E-state index < -0.39 is 5.97 Å². The molecule has 2 fully saturated rings. The molecule has 1 unspecified atom stereocenters. The molecular formula is C24H36O5. The van der Waals surface area contributed by atoms with Gasteiger partial charge in [-0.1, -0.05) is 62.1 Å². The van der Waals surface area contributed by atoms with Crippen molar-refractivity contribution in [2.45, 2.75) is 101 Å². The first-order valence-corrected chi connectivity index (χ1v) is 11.4. The van der Waals surface area contributed by atoms with Crippen molar-refractivity contribution in [3.8, 4) is 0 Å². The summed E-state index contributed by atoms with van der Waals surface area (Å²) in [7, 11) is 0. The zero-order valence-electron chi connectivity index (χ0n) is 17.4. The van der Waals surface area contributed by atoms with E-state index in [1.807, 2.05) is 0 Å². The number of carboxylic acid groups (broad SMARTS) is 1. The lowest BCUT2D eigenvalue weighted by Crippen LogP contribution is -2.37. The number of hydrogen-bond acceptors (Lipinski definition) is 4. The van der Waals surface area contributed by atoms with E-state index in [4.69, 9.17) is 19.6 Å². The Hall–Kier alpha value is -1.43. The van der Waals surface area contributed by atoms with Gasteiger partial charge in [-0.25, -0.2) is 9.78 Å². The zero-order chi connectivity index (χ0) is 20.3. The van der Waals surface area contributed by atoms with Crippen LogP contribution in [0.25, 0.3) is 0 Å². The van der Waals surface area contributed by atoms with Crippen LogP contribution in [0.15, 0.2) is 36.5 Å². The molecule has 0 spiro atoms. The molecule has 3 aliphatic rings. The largest absolute Gasteiger partial charge is 0.481 e. The molecule has 0 bridgehead atoms. The van der Waals surface area contributed by atoms with Crippen LogP contribution in [0.1, 0.15) is 77.0 Å². The third-order valence-corrected chi connectivity index (χ3v) is 6.19. The van der Waals surface area contributed by atoms with E-state index in [0.29, 0.717) is 12.0 Å². The van der Waals surface area contributed by atoms with Crippen molar-refractivity contribution in [1.29, 1.82) is 0 Å². The molecule has 29 heavy (non-hydrogen) atoms. The second-order valence-corrected chi connectivity index (χ2v) is 8.59. The van der Waals surface area contributed by atoms with Gasteiger partial charge >= 0.3 is 5.97 Å². The highest BCUT2D eigenvalue weighted by molar-refractivity contribution is 5.67. The molecule has 1 N–H and O–H groups in total. The predicted molar refractivity (Wildman–Crippen MR) is 112 cm³/mol. The number of aliphatic carboxylic acids is 1. The highest BCUT2D eigenvalue weighted by Gasteiger charge is 2.36. The van der Waals surface area contributed by atoms with Gasteiger partial charge in [0, 0.05) is 0 Å². The van der Waals surface area contributed by atoms with Gasteiger partial charge < -0.3 is 9.84 Å². The zero-order valence-corrected chi connectivity index (χ0v) is 17.4. The Morgan fingerprint density at radius 2 is 1.59 bits per heavy atom. The average Bonchev–Trinajstić information content (AvgIpc) is 3.15. The van der Waals surface area contributed by atoms with Gasteiger partial charge in [0.1, 0.15) is 12.2 Å². The van der Waals surface area contributed by atoms with Crippen molar-refractivity contribution in [2.75, 3.05) is 0 Å². The molecule has 3 rings (SSSR count). The van der Waals surface area contributed by atoms with Gasteiger partial charge in [0.25, 0.3) is 0 Å². The van der Waals surface area contributed by atoms with Crippen LogP contribution in [0, 0.1) is 5.92 Å². The fraction of sp³-hybridized carbons (Fsp3) is 0.708. The summed E-state index contributed by atoms with van der Waals surface area (Å²) in [4.78, 5) is 21.5. The number of ether oxygens (including phenoxy) is 1. The normalized spacial score (nSPS) is 32.2. The molecule has 0 aromatic carbocycles. The molecule has 5 atom stereocenters. The minimum atomic E-state index is -0.843. The maximum atomic E-state index is 10.8. The summed E-state index contributed by atoms with van der Waals surface area (Å²) >= 11 is 0. The maximum absolute atomic E-state index is 10.8. The summed E-state index contributed by atoms with van der Waals surface area (Å²) < 4.78 is 6.20. The van der Waals surface area contributed by atoms with Crippen molar-refractivity contribution in [3.05, 3.63) is 36.5 Å². The van der Waals surface area contributed by atoms with Gasteiger partial charge in [0.15, 0.2) is 0 Å². The SMILES string of the molecule is O=C(O)C[C@@H]1CC[C@@H]([C@H]2CC[C@H](CCCCCCC3C=CC=CC=CC3)O2)OO1. The van der Waals surface area contributed by atoms with Crippen LogP contribution in [-0.4, -0.2) is 35.5 Å². The number of unbranched alkanes of at least 4 members (excludes halogenated alkanes) is 3. The number of carbonyl (C=O) groups is 1. The molecule has 5 heteroatoms. The Balaban J connectivity index is 1.22. The van der Waals surface area contributed by atoms with E-state index in [-0.39, 0.29) is 24.7 Å². The Bertz CT molecular complexity index is 574. The van der Waals surface area contributed by atoms with Crippen LogP contribution < -0.4 is 0 Å². The fourth-order valence-electron chi connectivity index (χ4n) is 4.50. The summed E-state index contributed by atoms with van der Waals surface area (Å²) in [5.74, 6) is -0.160. The van der Waals surface area contributed by atoms with Gasteiger partial charge in [-0.3, -0.25) is 4.79 Å². The highest BCUT2D eigenvalue weighted by atomic mass is 17.2. The van der Waals surface area contributed by atoms with Gasteiger partial charge in [-0.05, 0) is 50.9 Å². The van der Waals surface area contributed by atoms with Crippen LogP contribution in [0.4, 0.5) is 0 Å². The first kappa shape index (κ1) is 22.3. The van der Waals surface area contributed by atoms with Gasteiger partial charge in [0.2, 0.25) is 0 Å². The minimum Gasteiger partial charge on any atom is -0.481 e. The number of carboxylic acids is 1. The second kappa shape index (κ2) is 12.3. The van der Waals surface area contributed by atoms with E-state index in [0.717, 1.165) is 38.5 Å². The van der Waals surface area contributed by atoms with Crippen LogP contribution >= 0.6 is 0 Å². The van der Waals surface area contributed by atoms with E-state index in [9.17, 15) is 4.79 Å². The van der Waals surface area contributed by atoms with Crippen LogP contribution in [0.5, 0.6) is 0 Å². The van der Waals surface area contributed by atoms with Crippen LogP contribution in [-0.2, 0) is 19.3 Å². The maximum Gasteiger partial charge on any atom is 0.306 e. The van der Waals surface area contributed by atoms with Gasteiger partial charge in [0.05, 0.1) is 18.6 Å². The van der Waals surface area contributed by atoms with Crippen LogP contribution in [0.2, 0.25) is 0 Å². The van der Waals surface area contributed by atoms with E-state index >= 15 is 0 Å². The topological polar surface area (TPSA) is 65.0 Å². The summed E-state index contributed by atoms with van der Waals surface area (Å²) in [6, 6.07) is 0. The summed E-state index contributed by atoms with van der Waals surface area (Å²) in [5.41, 5.74) is 0. The first-order valence-electron chi connectivity index (χ1n) is 11.4. The molecular weight excluding hydrogens is 368 g/mol. The van der Waals surface area contributed by atoms with Gasteiger partial charge in [-0.2, -0.15) is 0 Å². The van der Waals surface area contributed by atoms with Crippen molar-refractivity contribution in [1.82, 2.24) is 0 Å². The molecule has 1 aliphatic carbocycles. The molecule has 2 heterocycles. The number of rotatable bonds is 10. The number of allylic oxidation sites excluding steroid dienone is 6. The Kier molecular flexibility index (Phi) is 9.45. The fourth-order valence-corrected chi connectivity index (χ4v) is 4.50. The molecule has 0 radical (unpaired) electrons. The van der Waals surface area contributed by atoms with Crippen molar-refractivity contribution < 1.29 is 24.4 Å². The third kappa shape index (κ3) is 8.07. The molecule has 2 saturated heterocycles. The molecule has 162 valence electrons. The second-order valence-electron chi connectivity index (χ2n) is 8.59. The molecule has 0 saturated carbocycles. The molecule has 0 aromatic rings. The standard InChI is InChI=1S/C24H36O5/c25-24(26)18-21-15-17-23(29-28-21)22-16-14-20(27-22)13-9-5-4-8-12-19-10-6-2-1-3-7-11-19/h1-3,6-7,10,19-23H,4-5,8-9,11-18H2,(H,25,26)/t19?,20-,21-,22+,23-/m0/s1. The van der Waals surface area contributed by atoms with E-state index in [2.05, 4.69) is 36.5 Å². The molecule has 0 aromatic heterocycles. The lowest BCUT2D eigenvalue weighted by atomic mass is 9.95. The van der Waals surface area contributed by atoms with Crippen molar-refractivity contribution >= 4 is 5.97 Å². The lowest BCUT2D eigenvalue weighted by molar-refractivity contribution is -0.385. The smallest absolute Gasteiger partial charge is 0.306 e. The Labute approximate surface area is 174 Å². The van der Waals surface area contributed by atoms with Crippen LogP contribution in [0.3, 0.4) is 0 Å². The van der Waals surface area contributed by atoms with Gasteiger partial charge in [-0.15, -0.1) is 0 Å². The summed E-state index contributed by atoms with van der Waals surface area (Å²) in [6.45, 7) is 0. The molecule has 0 amide bonds. The quantitative estimate of drug-likeness (QED) is 0.384. The monoisotopic (exact) mass is 404 g/mol. The molecule has 5 nitrogen and oxygen atoms in total. The Morgan fingerprint density at radius 1 is 0.828 bits per heavy atom. The first-order chi connectivity index (χ1) is 14.2. The minimum absolute atomic E-state index is 0.00561. The third-order valence-electron chi connectivity index (χ3n) is 6.19. The van der Waals surface area contributed by atoms with E-state index in [1.54, 1.807) is 0 Å². The van der Waals surface area contributed by atoms with Crippen molar-refractivity contribution in [3.63, 3.8) is 0 Å². The summed E-state index contributed by atoms with van der Waals surface area (Å²) in [5, 5.41) is 8.83. The number of hydrogen-bond donors (Lipinski definition) is 1. The average molecular weight is 405 g/mol. The van der Waals surface area contributed by atoms with E-state index in [1.165, 1.54) is 32.1 Å². The molecule has 2 aliphatic heterocycles. The Morgan fingerprint density at radius 3 is 2.38 bits per heavy atom.